The number of carbonyl (C=O) groups excluding carboxylic acids is 2. The van der Waals surface area contributed by atoms with Gasteiger partial charge in [-0.25, -0.2) is 9.59 Å². The summed E-state index contributed by atoms with van der Waals surface area (Å²) < 4.78 is 32.6. The third-order valence-corrected chi connectivity index (χ3v) is 6.93. The molecule has 3 aliphatic rings. The molecule has 0 amide bonds. The molecule has 1 aromatic rings. The van der Waals surface area contributed by atoms with Crippen molar-refractivity contribution >= 4 is 18.0 Å². The minimum Gasteiger partial charge on any atom is -0.508 e. The van der Waals surface area contributed by atoms with Crippen LogP contribution >= 0.6 is 0 Å². The second kappa shape index (κ2) is 12.4. The summed E-state index contributed by atoms with van der Waals surface area (Å²) in [5.41, 5.74) is 0.816. The van der Waals surface area contributed by atoms with Gasteiger partial charge in [-0.05, 0) is 30.7 Å². The Morgan fingerprint density at radius 2 is 1.74 bits per heavy atom. The number of benzene rings is 1. The van der Waals surface area contributed by atoms with Gasteiger partial charge < -0.3 is 54.0 Å². The predicted molar refractivity (Wildman–Crippen MR) is 129 cm³/mol. The van der Waals surface area contributed by atoms with Gasteiger partial charge in [-0.3, -0.25) is 0 Å². The van der Waals surface area contributed by atoms with Crippen LogP contribution in [0.25, 0.3) is 6.08 Å². The van der Waals surface area contributed by atoms with Crippen LogP contribution in [0.2, 0.25) is 0 Å². The van der Waals surface area contributed by atoms with Crippen LogP contribution in [0.1, 0.15) is 18.9 Å². The number of phenolic OH excluding ortho intramolecular Hbond substituents is 1. The molecule has 0 saturated carbocycles. The monoisotopic (exact) mass is 552 g/mol. The first-order valence-corrected chi connectivity index (χ1v) is 12.4. The molecule has 0 spiro atoms. The average molecular weight is 553 g/mol. The molecule has 2 saturated heterocycles. The highest BCUT2D eigenvalue weighted by Gasteiger charge is 2.51. The zero-order chi connectivity index (χ0) is 28.3. The van der Waals surface area contributed by atoms with E-state index in [4.69, 9.17) is 28.4 Å². The van der Waals surface area contributed by atoms with Crippen LogP contribution in [0.15, 0.2) is 42.2 Å². The maximum atomic E-state index is 12.3. The van der Waals surface area contributed by atoms with Crippen LogP contribution in [0.4, 0.5) is 0 Å². The van der Waals surface area contributed by atoms with E-state index >= 15 is 0 Å². The third kappa shape index (κ3) is 6.58. The molecule has 4 rings (SSSR count). The van der Waals surface area contributed by atoms with Crippen molar-refractivity contribution in [2.24, 2.45) is 11.8 Å². The predicted octanol–water partition coefficient (Wildman–Crippen LogP) is -0.454. The van der Waals surface area contributed by atoms with Gasteiger partial charge in [0.15, 0.2) is 12.6 Å². The Hall–Kier alpha value is -3.04. The molecule has 214 valence electrons. The summed E-state index contributed by atoms with van der Waals surface area (Å²) in [5, 5.41) is 50.8. The van der Waals surface area contributed by atoms with E-state index < -0.39 is 79.8 Å². The van der Waals surface area contributed by atoms with Gasteiger partial charge in [0.1, 0.15) is 36.8 Å². The normalized spacial score (nSPS) is 36.4. The lowest BCUT2D eigenvalue weighted by molar-refractivity contribution is -0.352. The lowest BCUT2D eigenvalue weighted by Crippen LogP contribution is -2.61. The smallest absolute Gasteiger partial charge is 0.337 e. The Morgan fingerprint density at radius 1 is 1.03 bits per heavy atom. The maximum Gasteiger partial charge on any atom is 0.337 e. The van der Waals surface area contributed by atoms with Crippen molar-refractivity contribution in [3.63, 3.8) is 0 Å². The first-order chi connectivity index (χ1) is 18.6. The Bertz CT molecular complexity index is 1070. The number of carbonyl (C=O) groups is 2. The summed E-state index contributed by atoms with van der Waals surface area (Å²) in [4.78, 5) is 24.4. The molecule has 0 unspecified atom stereocenters. The van der Waals surface area contributed by atoms with E-state index in [2.05, 4.69) is 0 Å². The van der Waals surface area contributed by atoms with Gasteiger partial charge in [0, 0.05) is 18.4 Å². The number of esters is 2. The average Bonchev–Trinajstić information content (AvgIpc) is 2.91. The summed E-state index contributed by atoms with van der Waals surface area (Å²) in [5.74, 6) is -2.52. The van der Waals surface area contributed by atoms with Crippen molar-refractivity contribution in [2.75, 3.05) is 13.7 Å². The summed E-state index contributed by atoms with van der Waals surface area (Å²) in [6.45, 7) is 1.18. The van der Waals surface area contributed by atoms with E-state index in [1.165, 1.54) is 25.3 Å². The number of aliphatic hydroxyl groups excluding tert-OH is 4. The lowest BCUT2D eigenvalue weighted by Gasteiger charge is -2.47. The van der Waals surface area contributed by atoms with Crippen LogP contribution in [0, 0.1) is 11.8 Å². The Kier molecular flexibility index (Phi) is 9.23. The van der Waals surface area contributed by atoms with Gasteiger partial charge in [0.2, 0.25) is 6.29 Å². The molecule has 0 aromatic heterocycles. The van der Waals surface area contributed by atoms with Crippen LogP contribution in [0.5, 0.6) is 5.75 Å². The zero-order valence-electron chi connectivity index (χ0n) is 21.2. The summed E-state index contributed by atoms with van der Waals surface area (Å²) in [6.07, 6.45) is -6.89. The SMILES string of the molecule is COC(=O)C1=CO[C@@H](O[C@@H]2O[C@H](COC(=O)/C=C/c3ccc(O)cc3)[C@@H](O)[C@@H](O)[C@@H]2O)[C@@H]2[C@H](C)O[C@H](O)C[C@H]12. The fourth-order valence-electron chi connectivity index (χ4n) is 4.86. The Morgan fingerprint density at radius 3 is 2.44 bits per heavy atom. The van der Waals surface area contributed by atoms with Gasteiger partial charge in [0.05, 0.1) is 31.0 Å². The molecule has 13 nitrogen and oxygen atoms in total. The molecule has 1 aromatic carbocycles. The molecule has 0 bridgehead atoms. The van der Waals surface area contributed by atoms with Crippen molar-refractivity contribution in [1.29, 1.82) is 0 Å². The van der Waals surface area contributed by atoms with Gasteiger partial charge in [-0.15, -0.1) is 0 Å². The molecule has 0 aliphatic carbocycles. The van der Waals surface area contributed by atoms with Crippen LogP contribution in [-0.4, -0.2) is 101 Å². The molecular weight excluding hydrogens is 520 g/mol. The molecular formula is C26H32O13. The topological polar surface area (TPSA) is 191 Å². The van der Waals surface area contributed by atoms with Gasteiger partial charge in [-0.2, -0.15) is 0 Å². The van der Waals surface area contributed by atoms with E-state index in [9.17, 15) is 35.1 Å². The summed E-state index contributed by atoms with van der Waals surface area (Å²) >= 11 is 0. The van der Waals surface area contributed by atoms with Crippen molar-refractivity contribution < 1.29 is 63.5 Å². The van der Waals surface area contributed by atoms with Crippen molar-refractivity contribution in [2.45, 2.75) is 62.7 Å². The number of ether oxygens (including phenoxy) is 6. The fourth-order valence-corrected chi connectivity index (χ4v) is 4.86. The second-order valence-electron chi connectivity index (χ2n) is 9.49. The molecule has 5 N–H and O–H groups in total. The maximum absolute atomic E-state index is 12.3. The van der Waals surface area contributed by atoms with Crippen molar-refractivity contribution in [3.8, 4) is 5.75 Å². The minimum atomic E-state index is -1.71. The highest BCUT2D eigenvalue weighted by molar-refractivity contribution is 5.89. The van der Waals surface area contributed by atoms with Gasteiger partial charge in [-0.1, -0.05) is 12.1 Å². The molecule has 0 radical (unpaired) electrons. The Balaban J connectivity index is 1.42. The molecule has 10 atom stereocenters. The first kappa shape index (κ1) is 29.0. The highest BCUT2D eigenvalue weighted by atomic mass is 16.8. The molecule has 3 aliphatic heterocycles. The molecule has 39 heavy (non-hydrogen) atoms. The number of aromatic hydroxyl groups is 1. The Labute approximate surface area is 223 Å². The van der Waals surface area contributed by atoms with Crippen LogP contribution < -0.4 is 0 Å². The highest BCUT2D eigenvalue weighted by Crippen LogP contribution is 2.42. The third-order valence-electron chi connectivity index (χ3n) is 6.93. The summed E-state index contributed by atoms with van der Waals surface area (Å²) in [6, 6.07) is 6.09. The number of methoxy groups -OCH3 is 1. The number of aliphatic hydroxyl groups is 4. The van der Waals surface area contributed by atoms with Gasteiger partial charge >= 0.3 is 11.9 Å². The van der Waals surface area contributed by atoms with E-state index in [1.54, 1.807) is 19.1 Å². The fraction of sp³-hybridized carbons (Fsp3) is 0.538. The summed E-state index contributed by atoms with van der Waals surface area (Å²) in [7, 11) is 1.22. The molecule has 2 fully saturated rings. The lowest BCUT2D eigenvalue weighted by atomic mass is 9.77. The van der Waals surface area contributed by atoms with Crippen molar-refractivity contribution in [3.05, 3.63) is 47.7 Å². The molecule has 3 heterocycles. The van der Waals surface area contributed by atoms with Crippen LogP contribution in [-0.2, 0) is 38.0 Å². The second-order valence-corrected chi connectivity index (χ2v) is 9.49. The largest absolute Gasteiger partial charge is 0.508 e. The molecule has 13 heteroatoms. The van der Waals surface area contributed by atoms with E-state index in [1.807, 2.05) is 0 Å². The minimum absolute atomic E-state index is 0.0603. The first-order valence-electron chi connectivity index (χ1n) is 12.4. The number of rotatable bonds is 7. The quantitative estimate of drug-likeness (QED) is 0.216. The number of hydrogen-bond donors (Lipinski definition) is 5. The standard InChI is InChI=1S/C26H32O13/c1-12-20-15(9-19(29)37-12)16(24(33)34-2)10-36-25(20)39-26-23(32)22(31)21(30)17(38-26)11-35-18(28)8-5-13-3-6-14(27)7-4-13/h3-8,10,12,15,17,19-23,25-27,29-32H,9,11H2,1-2H3/b8-5+/t12-,15+,17+,19-,20+,21+,22+,23-,25-,26-/m0/s1. The van der Waals surface area contributed by atoms with E-state index in [0.717, 1.165) is 12.3 Å². The number of phenols is 1. The van der Waals surface area contributed by atoms with Crippen molar-refractivity contribution in [1.82, 2.24) is 0 Å². The van der Waals surface area contributed by atoms with Crippen LogP contribution in [0.3, 0.4) is 0 Å². The van der Waals surface area contributed by atoms with E-state index in [-0.39, 0.29) is 17.7 Å². The van der Waals surface area contributed by atoms with Gasteiger partial charge in [0.25, 0.3) is 0 Å². The van der Waals surface area contributed by atoms with E-state index in [0.29, 0.717) is 5.56 Å². The number of hydrogen-bond acceptors (Lipinski definition) is 13. The number of fused-ring (bicyclic) bond motifs is 1. The zero-order valence-corrected chi connectivity index (χ0v) is 21.2.